The fourth-order valence-electron chi connectivity index (χ4n) is 1.59. The van der Waals surface area contributed by atoms with Gasteiger partial charge in [-0.25, -0.2) is 4.39 Å². The molecule has 2 rings (SSSR count). The predicted molar refractivity (Wildman–Crippen MR) is 65.5 cm³/mol. The third kappa shape index (κ3) is 2.74. The monoisotopic (exact) mass is 247 g/mol. The summed E-state index contributed by atoms with van der Waals surface area (Å²) < 4.78 is 14.6. The zero-order valence-electron chi connectivity index (χ0n) is 10.3. The largest absolute Gasteiger partial charge is 0.347 e. The minimum Gasteiger partial charge on any atom is -0.347 e. The number of nitrogens with zero attached hydrogens (tertiary/aromatic N) is 2. The van der Waals surface area contributed by atoms with E-state index in [1.807, 2.05) is 6.92 Å². The first kappa shape index (κ1) is 12.3. The number of hydrogen-bond acceptors (Lipinski definition) is 2. The fraction of sp³-hybridized carbons (Fsp3) is 0.231. The second-order valence-electron chi connectivity index (χ2n) is 4.11. The number of hydrogen-bond donors (Lipinski definition) is 1. The van der Waals surface area contributed by atoms with Crippen molar-refractivity contribution in [2.24, 2.45) is 7.05 Å². The smallest absolute Gasteiger partial charge is 0.272 e. The van der Waals surface area contributed by atoms with Gasteiger partial charge in [-0.3, -0.25) is 9.48 Å². The SMILES string of the molecule is Cc1cc(C(=O)NCc2cccc(F)c2)nn1C. The molecule has 0 saturated carbocycles. The number of nitrogens with one attached hydrogen (secondary N) is 1. The molecule has 0 unspecified atom stereocenters. The summed E-state index contributed by atoms with van der Waals surface area (Å²) in [5.74, 6) is -0.571. The molecule has 18 heavy (non-hydrogen) atoms. The maximum Gasteiger partial charge on any atom is 0.272 e. The molecule has 0 bridgehead atoms. The minimum atomic E-state index is -0.310. The van der Waals surface area contributed by atoms with Gasteiger partial charge in [-0.2, -0.15) is 5.10 Å². The van der Waals surface area contributed by atoms with Crippen LogP contribution in [0.5, 0.6) is 0 Å². The predicted octanol–water partition coefficient (Wildman–Crippen LogP) is 1.80. The maximum absolute atomic E-state index is 12.9. The second-order valence-corrected chi connectivity index (χ2v) is 4.11. The van der Waals surface area contributed by atoms with Gasteiger partial charge < -0.3 is 5.32 Å². The van der Waals surface area contributed by atoms with Gasteiger partial charge >= 0.3 is 0 Å². The lowest BCUT2D eigenvalue weighted by Crippen LogP contribution is -2.23. The van der Waals surface area contributed by atoms with E-state index < -0.39 is 0 Å². The normalized spacial score (nSPS) is 10.4. The van der Waals surface area contributed by atoms with E-state index >= 15 is 0 Å². The topological polar surface area (TPSA) is 46.9 Å². The Kier molecular flexibility index (Phi) is 3.41. The Morgan fingerprint density at radius 1 is 1.44 bits per heavy atom. The molecule has 0 fully saturated rings. The van der Waals surface area contributed by atoms with Crippen molar-refractivity contribution in [3.8, 4) is 0 Å². The molecular weight excluding hydrogens is 233 g/mol. The molecule has 1 aromatic carbocycles. The summed E-state index contributed by atoms with van der Waals surface area (Å²) in [6.07, 6.45) is 0. The van der Waals surface area contributed by atoms with Gasteiger partial charge in [0.25, 0.3) is 5.91 Å². The average molecular weight is 247 g/mol. The van der Waals surface area contributed by atoms with Gasteiger partial charge in [0.1, 0.15) is 11.5 Å². The number of carbonyl (C=O) groups is 1. The molecule has 2 aromatic rings. The van der Waals surface area contributed by atoms with Crippen LogP contribution in [0.4, 0.5) is 4.39 Å². The fourth-order valence-corrected chi connectivity index (χ4v) is 1.59. The highest BCUT2D eigenvalue weighted by Gasteiger charge is 2.10. The molecule has 1 N–H and O–H groups in total. The van der Waals surface area contributed by atoms with E-state index in [2.05, 4.69) is 10.4 Å². The number of aryl methyl sites for hydroxylation is 2. The van der Waals surface area contributed by atoms with Crippen molar-refractivity contribution in [2.75, 3.05) is 0 Å². The number of benzene rings is 1. The third-order valence-electron chi connectivity index (χ3n) is 2.69. The first-order valence-electron chi connectivity index (χ1n) is 5.59. The standard InChI is InChI=1S/C13H14FN3O/c1-9-6-12(16-17(9)2)13(18)15-8-10-4-3-5-11(14)7-10/h3-7H,8H2,1-2H3,(H,15,18). The molecule has 4 nitrogen and oxygen atoms in total. The summed E-state index contributed by atoms with van der Waals surface area (Å²) in [6, 6.07) is 7.84. The summed E-state index contributed by atoms with van der Waals surface area (Å²) in [4.78, 5) is 11.8. The molecule has 1 heterocycles. The lowest BCUT2D eigenvalue weighted by atomic mass is 10.2. The molecule has 0 aliphatic rings. The summed E-state index contributed by atoms with van der Waals surface area (Å²) in [5.41, 5.74) is 1.99. The molecular formula is C13H14FN3O. The van der Waals surface area contributed by atoms with Gasteiger partial charge in [0.2, 0.25) is 0 Å². The molecule has 5 heteroatoms. The van der Waals surface area contributed by atoms with Crippen LogP contribution in [-0.4, -0.2) is 15.7 Å². The molecule has 94 valence electrons. The number of aromatic nitrogens is 2. The number of halogens is 1. The van der Waals surface area contributed by atoms with Crippen LogP contribution in [0.25, 0.3) is 0 Å². The van der Waals surface area contributed by atoms with E-state index in [4.69, 9.17) is 0 Å². The third-order valence-corrected chi connectivity index (χ3v) is 2.69. The van der Waals surface area contributed by atoms with E-state index in [9.17, 15) is 9.18 Å². The van der Waals surface area contributed by atoms with Gasteiger partial charge in [-0.15, -0.1) is 0 Å². The summed E-state index contributed by atoms with van der Waals surface area (Å²) in [5, 5.41) is 6.77. The molecule has 0 radical (unpaired) electrons. The van der Waals surface area contributed by atoms with Crippen LogP contribution >= 0.6 is 0 Å². The highest BCUT2D eigenvalue weighted by atomic mass is 19.1. The van der Waals surface area contributed by atoms with Gasteiger partial charge in [0, 0.05) is 19.3 Å². The van der Waals surface area contributed by atoms with E-state index in [1.165, 1.54) is 12.1 Å². The first-order valence-corrected chi connectivity index (χ1v) is 5.59. The quantitative estimate of drug-likeness (QED) is 0.899. The van der Waals surface area contributed by atoms with Crippen LogP contribution in [0.15, 0.2) is 30.3 Å². The molecule has 1 amide bonds. The summed E-state index contributed by atoms with van der Waals surface area (Å²) in [7, 11) is 1.78. The summed E-state index contributed by atoms with van der Waals surface area (Å²) >= 11 is 0. The van der Waals surface area contributed by atoms with Crippen molar-refractivity contribution in [2.45, 2.75) is 13.5 Å². The van der Waals surface area contributed by atoms with Crippen molar-refractivity contribution in [1.82, 2.24) is 15.1 Å². The van der Waals surface area contributed by atoms with Gasteiger partial charge in [-0.05, 0) is 30.7 Å². The molecule has 0 atom stereocenters. The maximum atomic E-state index is 12.9. The van der Waals surface area contributed by atoms with E-state index in [1.54, 1.807) is 29.9 Å². The van der Waals surface area contributed by atoms with Crippen LogP contribution in [-0.2, 0) is 13.6 Å². The van der Waals surface area contributed by atoms with Gasteiger partial charge in [0.15, 0.2) is 0 Å². The molecule has 0 spiro atoms. The molecule has 0 aliphatic carbocycles. The molecule has 0 saturated heterocycles. The highest BCUT2D eigenvalue weighted by molar-refractivity contribution is 5.92. The van der Waals surface area contributed by atoms with Crippen molar-refractivity contribution < 1.29 is 9.18 Å². The Morgan fingerprint density at radius 3 is 2.83 bits per heavy atom. The first-order chi connectivity index (χ1) is 8.56. The van der Waals surface area contributed by atoms with E-state index in [0.717, 1.165) is 11.3 Å². The Labute approximate surface area is 104 Å². The Hall–Kier alpha value is -2.17. The minimum absolute atomic E-state index is 0.261. The number of rotatable bonds is 3. The van der Waals surface area contributed by atoms with Gasteiger partial charge in [0.05, 0.1) is 0 Å². The van der Waals surface area contributed by atoms with Crippen molar-refractivity contribution in [3.05, 3.63) is 53.1 Å². The Balaban J connectivity index is 2.00. The van der Waals surface area contributed by atoms with Crippen LogP contribution in [0, 0.1) is 12.7 Å². The van der Waals surface area contributed by atoms with Crippen molar-refractivity contribution in [1.29, 1.82) is 0 Å². The van der Waals surface area contributed by atoms with Crippen LogP contribution in [0.3, 0.4) is 0 Å². The second kappa shape index (κ2) is 5.00. The summed E-state index contributed by atoms with van der Waals surface area (Å²) in [6.45, 7) is 2.16. The van der Waals surface area contributed by atoms with Crippen LogP contribution in [0.1, 0.15) is 21.7 Å². The van der Waals surface area contributed by atoms with Crippen LogP contribution < -0.4 is 5.32 Å². The highest BCUT2D eigenvalue weighted by Crippen LogP contribution is 2.04. The van der Waals surface area contributed by atoms with Crippen molar-refractivity contribution >= 4 is 5.91 Å². The zero-order valence-corrected chi connectivity index (χ0v) is 10.3. The van der Waals surface area contributed by atoms with E-state index in [-0.39, 0.29) is 18.3 Å². The zero-order chi connectivity index (χ0) is 13.1. The lowest BCUT2D eigenvalue weighted by Gasteiger charge is -2.03. The van der Waals surface area contributed by atoms with Crippen molar-refractivity contribution in [3.63, 3.8) is 0 Å². The average Bonchev–Trinajstić information content (AvgIpc) is 2.67. The molecule has 0 aliphatic heterocycles. The number of amides is 1. The Morgan fingerprint density at radius 2 is 2.22 bits per heavy atom. The van der Waals surface area contributed by atoms with Gasteiger partial charge in [-0.1, -0.05) is 12.1 Å². The number of carbonyl (C=O) groups excluding carboxylic acids is 1. The lowest BCUT2D eigenvalue weighted by molar-refractivity contribution is 0.0945. The Bertz CT molecular complexity index is 558. The van der Waals surface area contributed by atoms with E-state index in [0.29, 0.717) is 5.69 Å². The van der Waals surface area contributed by atoms with Crippen LogP contribution in [0.2, 0.25) is 0 Å². The molecule has 1 aromatic heterocycles.